The summed E-state index contributed by atoms with van der Waals surface area (Å²) in [6.45, 7) is 7.01. The molecule has 1 N–H and O–H groups in total. The second kappa shape index (κ2) is 4.69. The third-order valence-electron chi connectivity index (χ3n) is 8.24. The number of carbonyl (C=O) groups excluding carboxylic acids is 1. The number of fused-ring (bicyclic) bond motifs is 5. The summed E-state index contributed by atoms with van der Waals surface area (Å²) in [5.74, 6) is 2.97. The van der Waals surface area contributed by atoms with Crippen LogP contribution >= 0.6 is 0 Å². The van der Waals surface area contributed by atoms with E-state index in [0.717, 1.165) is 31.1 Å². The van der Waals surface area contributed by atoms with E-state index in [0.29, 0.717) is 17.6 Å². The van der Waals surface area contributed by atoms with Crippen molar-refractivity contribution in [3.8, 4) is 0 Å². The fraction of sp³-hybridized carbons (Fsp3) is 0.850. The van der Waals surface area contributed by atoms with Crippen LogP contribution in [0.15, 0.2) is 11.6 Å². The molecule has 2 heteroatoms. The normalized spacial score (nSPS) is 54.3. The molecule has 0 radical (unpaired) electrons. The molecule has 122 valence electrons. The number of hydrogen-bond donors (Lipinski definition) is 1. The van der Waals surface area contributed by atoms with Gasteiger partial charge in [0, 0.05) is 6.42 Å². The van der Waals surface area contributed by atoms with Gasteiger partial charge in [-0.1, -0.05) is 26.3 Å². The lowest BCUT2D eigenvalue weighted by molar-refractivity contribution is -0.118. The van der Waals surface area contributed by atoms with Gasteiger partial charge in [0.1, 0.15) is 0 Å². The fourth-order valence-electron chi connectivity index (χ4n) is 6.90. The van der Waals surface area contributed by atoms with Crippen molar-refractivity contribution in [1.82, 2.24) is 0 Å². The van der Waals surface area contributed by atoms with Crippen molar-refractivity contribution in [1.29, 1.82) is 0 Å². The van der Waals surface area contributed by atoms with Crippen LogP contribution in [0.4, 0.5) is 0 Å². The molecule has 0 amide bonds. The Labute approximate surface area is 134 Å². The van der Waals surface area contributed by atoms with Crippen LogP contribution in [0.3, 0.4) is 0 Å². The summed E-state index contributed by atoms with van der Waals surface area (Å²) >= 11 is 0. The second-order valence-electron chi connectivity index (χ2n) is 9.17. The van der Waals surface area contributed by atoms with Gasteiger partial charge in [0.2, 0.25) is 0 Å². The topological polar surface area (TPSA) is 37.3 Å². The maximum absolute atomic E-state index is 11.8. The molecule has 2 nitrogen and oxygen atoms in total. The van der Waals surface area contributed by atoms with Crippen LogP contribution in [-0.2, 0) is 4.79 Å². The predicted molar refractivity (Wildman–Crippen MR) is 87.3 cm³/mol. The predicted octanol–water partition coefficient (Wildman–Crippen LogP) is 4.13. The van der Waals surface area contributed by atoms with Gasteiger partial charge >= 0.3 is 0 Å². The molecule has 0 spiro atoms. The van der Waals surface area contributed by atoms with Crippen molar-refractivity contribution >= 4 is 5.78 Å². The third kappa shape index (κ3) is 1.79. The van der Waals surface area contributed by atoms with E-state index in [4.69, 9.17) is 0 Å². The Morgan fingerprint density at radius 1 is 1.14 bits per heavy atom. The van der Waals surface area contributed by atoms with E-state index < -0.39 is 0 Å². The van der Waals surface area contributed by atoms with Gasteiger partial charge in [0.25, 0.3) is 0 Å². The van der Waals surface area contributed by atoms with Crippen molar-refractivity contribution in [2.24, 2.45) is 34.5 Å². The molecule has 3 fully saturated rings. The van der Waals surface area contributed by atoms with E-state index in [2.05, 4.69) is 20.8 Å². The number of allylic oxidation sites excluding steroid dienone is 1. The molecule has 0 aromatic heterocycles. The van der Waals surface area contributed by atoms with Crippen LogP contribution in [0, 0.1) is 34.5 Å². The molecule has 0 aromatic rings. The van der Waals surface area contributed by atoms with E-state index >= 15 is 0 Å². The Bertz CT molecular complexity index is 536. The average Bonchev–Trinajstić information content (AvgIpc) is 2.72. The number of carbonyl (C=O) groups is 1. The van der Waals surface area contributed by atoms with Gasteiger partial charge in [-0.3, -0.25) is 4.79 Å². The van der Waals surface area contributed by atoms with E-state index in [1.165, 1.54) is 31.3 Å². The summed E-state index contributed by atoms with van der Waals surface area (Å²) in [7, 11) is 0. The highest BCUT2D eigenvalue weighted by Gasteiger charge is 2.60. The van der Waals surface area contributed by atoms with E-state index in [9.17, 15) is 9.90 Å². The second-order valence-corrected chi connectivity index (χ2v) is 9.17. The first kappa shape index (κ1) is 14.9. The molecule has 0 aromatic carbocycles. The lowest BCUT2D eigenvalue weighted by Crippen LogP contribution is -2.51. The zero-order valence-electron chi connectivity index (χ0n) is 14.3. The molecule has 0 heterocycles. The van der Waals surface area contributed by atoms with Crippen LogP contribution in [-0.4, -0.2) is 17.0 Å². The zero-order chi connectivity index (χ0) is 15.7. The molecule has 1 unspecified atom stereocenters. The summed E-state index contributed by atoms with van der Waals surface area (Å²) < 4.78 is 0. The van der Waals surface area contributed by atoms with Crippen LogP contribution in [0.25, 0.3) is 0 Å². The lowest BCUT2D eigenvalue weighted by Gasteiger charge is -2.57. The average molecular weight is 302 g/mol. The van der Waals surface area contributed by atoms with Crippen molar-refractivity contribution < 1.29 is 9.90 Å². The molecular weight excluding hydrogens is 272 g/mol. The highest BCUT2D eigenvalue weighted by molar-refractivity contribution is 5.91. The minimum absolute atomic E-state index is 0.115. The minimum atomic E-state index is -0.115. The number of aliphatic hydroxyl groups excluding tert-OH is 1. The Kier molecular flexibility index (Phi) is 3.18. The molecule has 4 aliphatic rings. The molecule has 0 aliphatic heterocycles. The molecule has 7 atom stereocenters. The van der Waals surface area contributed by atoms with E-state index in [1.54, 1.807) is 0 Å². The maximum Gasteiger partial charge on any atom is 0.155 e. The number of hydrogen-bond acceptors (Lipinski definition) is 2. The Balaban J connectivity index is 1.69. The van der Waals surface area contributed by atoms with E-state index in [-0.39, 0.29) is 16.9 Å². The Morgan fingerprint density at radius 2 is 1.91 bits per heavy atom. The highest BCUT2D eigenvalue weighted by Crippen LogP contribution is 2.65. The smallest absolute Gasteiger partial charge is 0.155 e. The molecule has 0 saturated heterocycles. The van der Waals surface area contributed by atoms with Crippen molar-refractivity contribution in [3.63, 3.8) is 0 Å². The van der Waals surface area contributed by atoms with Crippen LogP contribution in [0.1, 0.15) is 65.7 Å². The fourth-order valence-corrected chi connectivity index (χ4v) is 6.90. The summed E-state index contributed by atoms with van der Waals surface area (Å²) in [6.07, 6.45) is 9.62. The quantitative estimate of drug-likeness (QED) is 0.730. The molecule has 4 aliphatic carbocycles. The number of ketones is 1. The summed E-state index contributed by atoms with van der Waals surface area (Å²) in [5.41, 5.74) is 1.85. The molecular formula is C20H30O2. The first-order valence-electron chi connectivity index (χ1n) is 9.28. The van der Waals surface area contributed by atoms with Gasteiger partial charge in [0.15, 0.2) is 5.78 Å². The highest BCUT2D eigenvalue weighted by atomic mass is 16.3. The van der Waals surface area contributed by atoms with Crippen molar-refractivity contribution in [2.45, 2.75) is 71.8 Å². The molecule has 22 heavy (non-hydrogen) atoms. The van der Waals surface area contributed by atoms with Crippen molar-refractivity contribution in [3.05, 3.63) is 11.6 Å². The van der Waals surface area contributed by atoms with Gasteiger partial charge in [-0.2, -0.15) is 0 Å². The minimum Gasteiger partial charge on any atom is -0.392 e. The monoisotopic (exact) mass is 302 g/mol. The Hall–Kier alpha value is -0.630. The van der Waals surface area contributed by atoms with Gasteiger partial charge in [0.05, 0.1) is 6.10 Å². The van der Waals surface area contributed by atoms with Gasteiger partial charge in [-0.25, -0.2) is 0 Å². The van der Waals surface area contributed by atoms with E-state index in [1.807, 2.05) is 6.08 Å². The van der Waals surface area contributed by atoms with Crippen LogP contribution < -0.4 is 0 Å². The lowest BCUT2D eigenvalue weighted by atomic mass is 9.47. The SMILES string of the molecule is CC1C[C@H]2[C@@H]3CCC4=CC(=O)CC[C@]4(C)[C@H]3CC[C@]2(C)[C@H]1O. The van der Waals surface area contributed by atoms with Gasteiger partial charge < -0.3 is 5.11 Å². The third-order valence-corrected chi connectivity index (χ3v) is 8.24. The van der Waals surface area contributed by atoms with Crippen molar-refractivity contribution in [2.75, 3.05) is 0 Å². The first-order chi connectivity index (χ1) is 10.4. The molecule has 4 rings (SSSR count). The number of aliphatic hydroxyl groups is 1. The largest absolute Gasteiger partial charge is 0.392 e. The maximum atomic E-state index is 11.8. The summed E-state index contributed by atoms with van der Waals surface area (Å²) in [4.78, 5) is 11.8. The van der Waals surface area contributed by atoms with Crippen LogP contribution in [0.2, 0.25) is 0 Å². The first-order valence-corrected chi connectivity index (χ1v) is 9.28. The standard InChI is InChI=1S/C20H30O2/c1-12-10-17-15-5-4-13-11-14(21)6-8-19(13,2)16(15)7-9-20(17,3)18(12)22/h11-12,15-18,22H,4-10H2,1-3H3/t12?,15-,16+,17+,18+,19+,20+/m1/s1. The van der Waals surface area contributed by atoms with Crippen LogP contribution in [0.5, 0.6) is 0 Å². The number of rotatable bonds is 0. The zero-order valence-corrected chi connectivity index (χ0v) is 14.3. The summed E-state index contributed by atoms with van der Waals surface area (Å²) in [5, 5.41) is 10.7. The van der Waals surface area contributed by atoms with Gasteiger partial charge in [-0.05, 0) is 79.1 Å². The molecule has 0 bridgehead atoms. The van der Waals surface area contributed by atoms with Gasteiger partial charge in [-0.15, -0.1) is 0 Å². The Morgan fingerprint density at radius 3 is 2.68 bits per heavy atom. The summed E-state index contributed by atoms with van der Waals surface area (Å²) in [6, 6.07) is 0. The molecule has 3 saturated carbocycles.